The van der Waals surface area contributed by atoms with Gasteiger partial charge in [-0.15, -0.1) is 0 Å². The van der Waals surface area contributed by atoms with E-state index < -0.39 is 0 Å². The Morgan fingerprint density at radius 3 is 2.65 bits per heavy atom. The normalized spacial score (nSPS) is 17.7. The van der Waals surface area contributed by atoms with E-state index in [1.165, 1.54) is 31.0 Å². The molecule has 31 heavy (non-hydrogen) atoms. The largest absolute Gasteiger partial charge is 0.394 e. The lowest BCUT2D eigenvalue weighted by atomic mass is 10.0. The van der Waals surface area contributed by atoms with E-state index in [0.29, 0.717) is 17.9 Å². The van der Waals surface area contributed by atoms with Crippen LogP contribution in [0.3, 0.4) is 0 Å². The van der Waals surface area contributed by atoms with Gasteiger partial charge in [0.2, 0.25) is 0 Å². The minimum absolute atomic E-state index is 0.167. The van der Waals surface area contributed by atoms with Gasteiger partial charge < -0.3 is 25.5 Å². The fourth-order valence-corrected chi connectivity index (χ4v) is 3.92. The highest BCUT2D eigenvalue weighted by Gasteiger charge is 2.62. The number of aliphatic hydroxyl groups excluding tert-OH is 1. The van der Waals surface area contributed by atoms with Gasteiger partial charge in [-0.1, -0.05) is 12.1 Å². The van der Waals surface area contributed by atoms with Gasteiger partial charge >= 0.3 is 0 Å². The molecule has 0 saturated heterocycles. The molecular formula is C24H35N5O2. The summed E-state index contributed by atoms with van der Waals surface area (Å²) in [6.45, 7) is 7.84. The van der Waals surface area contributed by atoms with Crippen molar-refractivity contribution in [2.75, 3.05) is 37.0 Å². The molecule has 2 fully saturated rings. The molecule has 2 aliphatic carbocycles. The summed E-state index contributed by atoms with van der Waals surface area (Å²) < 4.78 is 5.19. The van der Waals surface area contributed by atoms with Crippen LogP contribution in [0.2, 0.25) is 0 Å². The van der Waals surface area contributed by atoms with Gasteiger partial charge in [-0.25, -0.2) is 9.97 Å². The fraction of sp³-hybridized carbons (Fsp3) is 0.542. The van der Waals surface area contributed by atoms with Gasteiger partial charge in [-0.05, 0) is 63.0 Å². The Labute approximate surface area is 185 Å². The zero-order chi connectivity index (χ0) is 22.4. The first-order valence-corrected chi connectivity index (χ1v) is 11.1. The number of hydrogen-bond donors (Lipinski definition) is 3. The van der Waals surface area contributed by atoms with E-state index in [4.69, 9.17) is 15.3 Å². The number of likely N-dealkylation sites (N-methyl/N-ethyl adjacent to an activating group) is 1. The van der Waals surface area contributed by atoms with E-state index in [-0.39, 0.29) is 6.10 Å². The van der Waals surface area contributed by atoms with Gasteiger partial charge in [-0.2, -0.15) is 0 Å². The van der Waals surface area contributed by atoms with Crippen molar-refractivity contribution in [2.24, 2.45) is 5.41 Å². The summed E-state index contributed by atoms with van der Waals surface area (Å²) in [5, 5.41) is 19.2. The standard InChI is InChI=1S/C21H27N5O.C3H8O/c1-3-26(8-9-27-2)20-11-19(23-14-24-20)25-18-10-15(4-5-16(18)13-22)17-12-21(17)6-7-21;1-3(2)4/h4-5,10-11,13-14,17,22H,3,6-9,12H2,1-2H3,(H,23,24,25);3-4H,1-2H3. The van der Waals surface area contributed by atoms with E-state index in [1.807, 2.05) is 12.1 Å². The van der Waals surface area contributed by atoms with E-state index >= 15 is 0 Å². The Hall–Kier alpha value is -2.51. The first-order chi connectivity index (χ1) is 14.9. The molecule has 1 spiro atoms. The summed E-state index contributed by atoms with van der Waals surface area (Å²) in [6.07, 6.45) is 6.87. The molecular weight excluding hydrogens is 390 g/mol. The van der Waals surface area contributed by atoms with Crippen molar-refractivity contribution in [2.45, 2.75) is 52.1 Å². The maximum Gasteiger partial charge on any atom is 0.135 e. The SMILES string of the molecule is CC(C)O.CCN(CCOC)c1cc(Nc2cc(C3CC34CC4)ccc2C=N)ncn1. The van der Waals surface area contributed by atoms with Crippen molar-refractivity contribution in [1.82, 2.24) is 9.97 Å². The summed E-state index contributed by atoms with van der Waals surface area (Å²) in [7, 11) is 1.71. The lowest BCUT2D eigenvalue weighted by Crippen LogP contribution is -2.27. The average Bonchev–Trinajstić information content (AvgIpc) is 3.67. The number of rotatable bonds is 9. The Morgan fingerprint density at radius 1 is 1.32 bits per heavy atom. The molecule has 0 radical (unpaired) electrons. The maximum atomic E-state index is 8.06. The van der Waals surface area contributed by atoms with Crippen molar-refractivity contribution in [3.05, 3.63) is 41.7 Å². The van der Waals surface area contributed by atoms with Gasteiger partial charge in [0, 0.05) is 49.8 Å². The van der Waals surface area contributed by atoms with Crippen LogP contribution in [0.25, 0.3) is 0 Å². The molecule has 1 aromatic heterocycles. The predicted molar refractivity (Wildman–Crippen MR) is 126 cm³/mol. The summed E-state index contributed by atoms with van der Waals surface area (Å²) in [5.74, 6) is 2.32. The van der Waals surface area contributed by atoms with Gasteiger partial charge in [0.05, 0.1) is 6.61 Å². The molecule has 3 N–H and O–H groups in total. The molecule has 2 aliphatic rings. The fourth-order valence-electron chi connectivity index (χ4n) is 3.92. The molecule has 4 rings (SSSR count). The first kappa shape index (κ1) is 23.2. The summed E-state index contributed by atoms with van der Waals surface area (Å²) in [4.78, 5) is 10.9. The van der Waals surface area contributed by atoms with Gasteiger partial charge in [0.25, 0.3) is 0 Å². The number of aromatic nitrogens is 2. The van der Waals surface area contributed by atoms with Crippen molar-refractivity contribution in [1.29, 1.82) is 5.41 Å². The highest BCUT2D eigenvalue weighted by molar-refractivity contribution is 5.87. The molecule has 1 unspecified atom stereocenters. The van der Waals surface area contributed by atoms with Gasteiger partial charge in [0.15, 0.2) is 0 Å². The molecule has 0 aliphatic heterocycles. The van der Waals surface area contributed by atoms with Crippen LogP contribution in [0.15, 0.2) is 30.6 Å². The second-order valence-corrected chi connectivity index (χ2v) is 8.66. The molecule has 0 amide bonds. The number of aliphatic hydroxyl groups is 1. The molecule has 7 nitrogen and oxygen atoms in total. The molecule has 168 valence electrons. The van der Waals surface area contributed by atoms with Crippen LogP contribution in [0.5, 0.6) is 0 Å². The quantitative estimate of drug-likeness (QED) is 0.517. The lowest BCUT2D eigenvalue weighted by Gasteiger charge is -2.21. The van der Waals surface area contributed by atoms with Crippen LogP contribution in [-0.2, 0) is 4.74 Å². The van der Waals surface area contributed by atoms with Crippen molar-refractivity contribution >= 4 is 23.5 Å². The second-order valence-electron chi connectivity index (χ2n) is 8.66. The first-order valence-electron chi connectivity index (χ1n) is 11.1. The Kier molecular flexibility index (Phi) is 7.62. The maximum absolute atomic E-state index is 8.06. The number of nitrogens with zero attached hydrogens (tertiary/aromatic N) is 3. The third-order valence-electron chi connectivity index (χ3n) is 5.90. The zero-order valence-electron chi connectivity index (χ0n) is 19.1. The van der Waals surface area contributed by atoms with Crippen molar-refractivity contribution in [3.8, 4) is 0 Å². The van der Waals surface area contributed by atoms with Crippen LogP contribution in [0.4, 0.5) is 17.3 Å². The van der Waals surface area contributed by atoms with Crippen molar-refractivity contribution < 1.29 is 9.84 Å². The predicted octanol–water partition coefficient (Wildman–Crippen LogP) is 4.35. The van der Waals surface area contributed by atoms with Crippen LogP contribution in [-0.4, -0.2) is 54.2 Å². The number of ether oxygens (including phenoxy) is 1. The number of benzene rings is 1. The highest BCUT2D eigenvalue weighted by atomic mass is 16.5. The Bertz CT molecular complexity index is 879. The molecule has 2 saturated carbocycles. The lowest BCUT2D eigenvalue weighted by molar-refractivity contribution is 0.205. The number of methoxy groups -OCH3 is 1. The molecule has 2 aromatic rings. The van der Waals surface area contributed by atoms with E-state index in [9.17, 15) is 0 Å². The summed E-state index contributed by atoms with van der Waals surface area (Å²) in [6, 6.07) is 8.37. The molecule has 0 bridgehead atoms. The molecule has 1 heterocycles. The van der Waals surface area contributed by atoms with Crippen LogP contribution in [0.1, 0.15) is 57.1 Å². The smallest absolute Gasteiger partial charge is 0.135 e. The minimum Gasteiger partial charge on any atom is -0.394 e. The van der Waals surface area contributed by atoms with E-state index in [2.05, 4.69) is 39.2 Å². The van der Waals surface area contributed by atoms with Gasteiger partial charge in [-0.3, -0.25) is 0 Å². The number of nitrogens with one attached hydrogen (secondary N) is 2. The zero-order valence-corrected chi connectivity index (χ0v) is 19.1. The summed E-state index contributed by atoms with van der Waals surface area (Å²) >= 11 is 0. The third kappa shape index (κ3) is 6.02. The van der Waals surface area contributed by atoms with Crippen LogP contribution in [0, 0.1) is 10.8 Å². The molecule has 1 atom stereocenters. The van der Waals surface area contributed by atoms with Gasteiger partial charge in [0.1, 0.15) is 18.0 Å². The number of anilines is 3. The average molecular weight is 426 g/mol. The highest BCUT2D eigenvalue weighted by Crippen LogP contribution is 2.75. The van der Waals surface area contributed by atoms with Crippen LogP contribution < -0.4 is 10.2 Å². The second kappa shape index (κ2) is 10.2. The van der Waals surface area contributed by atoms with E-state index in [1.54, 1.807) is 27.3 Å². The minimum atomic E-state index is -0.167. The third-order valence-corrected chi connectivity index (χ3v) is 5.90. The topological polar surface area (TPSA) is 94.4 Å². The summed E-state index contributed by atoms with van der Waals surface area (Å²) in [5.41, 5.74) is 3.81. The monoisotopic (exact) mass is 425 g/mol. The Morgan fingerprint density at radius 2 is 2.06 bits per heavy atom. The van der Waals surface area contributed by atoms with Crippen LogP contribution >= 0.6 is 0 Å². The Balaban J connectivity index is 0.000000628. The van der Waals surface area contributed by atoms with Crippen molar-refractivity contribution in [3.63, 3.8) is 0 Å². The molecule has 7 heteroatoms. The van der Waals surface area contributed by atoms with E-state index in [0.717, 1.165) is 36.0 Å². The number of hydrogen-bond acceptors (Lipinski definition) is 7. The molecule has 1 aromatic carbocycles.